The van der Waals surface area contributed by atoms with Crippen LogP contribution < -0.4 is 5.32 Å². The molecular formula is C13H11Cl4N3. The first-order valence-electron chi connectivity index (χ1n) is 5.79. The Morgan fingerprint density at radius 1 is 1.10 bits per heavy atom. The molecule has 0 aliphatic carbocycles. The Balaban J connectivity index is 2.30. The summed E-state index contributed by atoms with van der Waals surface area (Å²) < 4.78 is 0. The van der Waals surface area contributed by atoms with Crippen LogP contribution in [0.1, 0.15) is 24.2 Å². The van der Waals surface area contributed by atoms with Crippen LogP contribution in [0, 0.1) is 6.92 Å². The minimum Gasteiger partial charge on any atom is -0.362 e. The van der Waals surface area contributed by atoms with Crippen LogP contribution in [0.25, 0.3) is 0 Å². The lowest BCUT2D eigenvalue weighted by Crippen LogP contribution is -2.10. The van der Waals surface area contributed by atoms with Crippen LogP contribution in [0.5, 0.6) is 0 Å². The van der Waals surface area contributed by atoms with Gasteiger partial charge in [-0.15, -0.1) is 0 Å². The molecule has 0 spiro atoms. The van der Waals surface area contributed by atoms with Crippen molar-refractivity contribution < 1.29 is 0 Å². The van der Waals surface area contributed by atoms with Crippen molar-refractivity contribution >= 4 is 52.2 Å². The predicted molar refractivity (Wildman–Crippen MR) is 85.3 cm³/mol. The van der Waals surface area contributed by atoms with Crippen LogP contribution in [0.4, 0.5) is 5.82 Å². The maximum atomic E-state index is 6.18. The Labute approximate surface area is 137 Å². The van der Waals surface area contributed by atoms with E-state index >= 15 is 0 Å². The zero-order valence-corrected chi connectivity index (χ0v) is 13.7. The van der Waals surface area contributed by atoms with Gasteiger partial charge in [-0.2, -0.15) is 4.98 Å². The van der Waals surface area contributed by atoms with Gasteiger partial charge < -0.3 is 5.32 Å². The first-order valence-corrected chi connectivity index (χ1v) is 7.30. The first-order chi connectivity index (χ1) is 9.38. The van der Waals surface area contributed by atoms with Crippen molar-refractivity contribution in [3.63, 3.8) is 0 Å². The number of rotatable bonds is 3. The van der Waals surface area contributed by atoms with E-state index in [1.807, 2.05) is 13.0 Å². The van der Waals surface area contributed by atoms with Crippen LogP contribution in [-0.4, -0.2) is 9.97 Å². The molecule has 0 fully saturated rings. The normalized spacial score (nSPS) is 12.3. The van der Waals surface area contributed by atoms with Crippen LogP contribution in [0.3, 0.4) is 0 Å². The number of halogens is 4. The summed E-state index contributed by atoms with van der Waals surface area (Å²) in [6, 6.07) is 5.21. The van der Waals surface area contributed by atoms with Gasteiger partial charge in [0.05, 0.1) is 11.7 Å². The Bertz CT molecular complexity index is 646. The summed E-state index contributed by atoms with van der Waals surface area (Å²) in [6.45, 7) is 3.71. The van der Waals surface area contributed by atoms with Crippen LogP contribution in [0.15, 0.2) is 18.2 Å². The molecule has 1 aromatic carbocycles. The quantitative estimate of drug-likeness (QED) is 0.735. The average molecular weight is 351 g/mol. The Morgan fingerprint density at radius 3 is 2.45 bits per heavy atom. The van der Waals surface area contributed by atoms with E-state index in [4.69, 9.17) is 46.4 Å². The van der Waals surface area contributed by atoms with E-state index in [-0.39, 0.29) is 11.3 Å². The van der Waals surface area contributed by atoms with Gasteiger partial charge in [-0.3, -0.25) is 0 Å². The fourth-order valence-corrected chi connectivity index (χ4v) is 2.68. The van der Waals surface area contributed by atoms with Gasteiger partial charge >= 0.3 is 0 Å². The molecule has 1 aromatic heterocycles. The lowest BCUT2D eigenvalue weighted by Gasteiger charge is -2.18. The molecule has 2 aromatic rings. The number of hydrogen-bond donors (Lipinski definition) is 1. The molecule has 0 saturated heterocycles. The molecule has 0 aliphatic heterocycles. The second kappa shape index (κ2) is 6.35. The van der Waals surface area contributed by atoms with Crippen LogP contribution >= 0.6 is 46.4 Å². The van der Waals surface area contributed by atoms with Crippen LogP contribution in [-0.2, 0) is 0 Å². The van der Waals surface area contributed by atoms with Crippen molar-refractivity contribution in [1.82, 2.24) is 9.97 Å². The van der Waals surface area contributed by atoms with Gasteiger partial charge in [0.15, 0.2) is 5.82 Å². The SMILES string of the molecule is Cc1nc(Cl)nc(N[C@H](C)c2ccc(Cl)cc2Cl)c1Cl. The molecule has 1 atom stereocenters. The molecule has 3 nitrogen and oxygen atoms in total. The van der Waals surface area contributed by atoms with Gasteiger partial charge in [-0.25, -0.2) is 4.98 Å². The minimum absolute atomic E-state index is 0.109. The van der Waals surface area contributed by atoms with Gasteiger partial charge in [0.25, 0.3) is 0 Å². The average Bonchev–Trinajstić information content (AvgIpc) is 2.35. The molecule has 0 aliphatic rings. The van der Waals surface area contributed by atoms with E-state index in [1.165, 1.54) is 0 Å². The van der Waals surface area contributed by atoms with E-state index < -0.39 is 0 Å². The maximum Gasteiger partial charge on any atom is 0.224 e. The summed E-state index contributed by atoms with van der Waals surface area (Å²) in [4.78, 5) is 8.07. The molecular weight excluding hydrogens is 340 g/mol. The molecule has 0 saturated carbocycles. The molecule has 1 heterocycles. The van der Waals surface area contributed by atoms with Crippen molar-refractivity contribution in [3.05, 3.63) is 49.8 Å². The third-order valence-electron chi connectivity index (χ3n) is 2.77. The number of benzene rings is 1. The zero-order valence-electron chi connectivity index (χ0n) is 10.7. The fourth-order valence-electron chi connectivity index (χ4n) is 1.76. The van der Waals surface area contributed by atoms with Gasteiger partial charge in [-0.05, 0) is 43.1 Å². The third kappa shape index (κ3) is 3.47. The summed E-state index contributed by atoms with van der Waals surface area (Å²) in [6.07, 6.45) is 0. The van der Waals surface area contributed by atoms with Crippen LogP contribution in [0.2, 0.25) is 20.4 Å². The van der Waals surface area contributed by atoms with Crippen molar-refractivity contribution in [2.75, 3.05) is 5.32 Å². The highest BCUT2D eigenvalue weighted by Gasteiger charge is 2.14. The van der Waals surface area contributed by atoms with E-state index in [9.17, 15) is 0 Å². The fraction of sp³-hybridized carbons (Fsp3) is 0.231. The summed E-state index contributed by atoms with van der Waals surface area (Å²) in [5.41, 5.74) is 1.50. The molecule has 0 unspecified atom stereocenters. The lowest BCUT2D eigenvalue weighted by molar-refractivity contribution is 0.870. The summed E-state index contributed by atoms with van der Waals surface area (Å²) in [5.74, 6) is 0.475. The summed E-state index contributed by atoms with van der Waals surface area (Å²) in [7, 11) is 0. The highest BCUT2D eigenvalue weighted by molar-refractivity contribution is 6.35. The lowest BCUT2D eigenvalue weighted by atomic mass is 10.1. The molecule has 7 heteroatoms. The standard InChI is InChI=1S/C13H11Cl4N3/c1-6(9-4-3-8(14)5-10(9)15)18-12-11(16)7(2)19-13(17)20-12/h3-6H,1-2H3,(H,18,19,20)/t6-/m1/s1. The third-order valence-corrected chi connectivity index (χ3v) is 3.96. The first kappa shape index (κ1) is 15.6. The number of anilines is 1. The van der Waals surface area contributed by atoms with Gasteiger partial charge in [-0.1, -0.05) is 40.9 Å². The van der Waals surface area contributed by atoms with E-state index in [0.717, 1.165) is 5.56 Å². The largest absolute Gasteiger partial charge is 0.362 e. The number of aryl methyl sites for hydroxylation is 1. The topological polar surface area (TPSA) is 37.8 Å². The van der Waals surface area contributed by atoms with E-state index in [1.54, 1.807) is 19.1 Å². The van der Waals surface area contributed by atoms with Crippen molar-refractivity contribution in [1.29, 1.82) is 0 Å². The minimum atomic E-state index is -0.109. The second-order valence-corrected chi connectivity index (χ2v) is 5.83. The molecule has 0 amide bonds. The number of nitrogens with one attached hydrogen (secondary N) is 1. The molecule has 2 rings (SSSR count). The van der Waals surface area contributed by atoms with Gasteiger partial charge in [0, 0.05) is 10.0 Å². The number of hydrogen-bond acceptors (Lipinski definition) is 3. The maximum absolute atomic E-state index is 6.18. The van der Waals surface area contributed by atoms with Crippen molar-refractivity contribution in [2.45, 2.75) is 19.9 Å². The number of aromatic nitrogens is 2. The highest BCUT2D eigenvalue weighted by atomic mass is 35.5. The Morgan fingerprint density at radius 2 is 1.80 bits per heavy atom. The van der Waals surface area contributed by atoms with Crippen molar-refractivity contribution in [2.24, 2.45) is 0 Å². The van der Waals surface area contributed by atoms with E-state index in [0.29, 0.717) is 26.6 Å². The highest BCUT2D eigenvalue weighted by Crippen LogP contribution is 2.31. The predicted octanol–water partition coefficient (Wildman–Crippen LogP) is 5.57. The van der Waals surface area contributed by atoms with Crippen molar-refractivity contribution in [3.8, 4) is 0 Å². The molecule has 1 N–H and O–H groups in total. The smallest absolute Gasteiger partial charge is 0.224 e. The van der Waals surface area contributed by atoms with Gasteiger partial charge in [0.1, 0.15) is 5.02 Å². The Hall–Kier alpha value is -0.740. The molecule has 106 valence electrons. The zero-order chi connectivity index (χ0) is 14.9. The molecule has 0 radical (unpaired) electrons. The Kier molecular flexibility index (Phi) is 4.97. The summed E-state index contributed by atoms with van der Waals surface area (Å²) in [5, 5.41) is 4.91. The molecule has 0 bridgehead atoms. The van der Waals surface area contributed by atoms with Gasteiger partial charge in [0.2, 0.25) is 5.28 Å². The second-order valence-electron chi connectivity index (χ2n) is 4.27. The monoisotopic (exact) mass is 349 g/mol. The van der Waals surface area contributed by atoms with E-state index in [2.05, 4.69) is 15.3 Å². The molecule has 20 heavy (non-hydrogen) atoms. The summed E-state index contributed by atoms with van der Waals surface area (Å²) >= 11 is 24.1. The number of nitrogens with zero attached hydrogens (tertiary/aromatic N) is 2.